The number of thiazole rings is 1. The summed E-state index contributed by atoms with van der Waals surface area (Å²) in [6.45, 7) is 13.1. The maximum absolute atomic E-state index is 13.1. The molecule has 1 rings (SSSR count). The van der Waals surface area contributed by atoms with Crippen molar-refractivity contribution in [2.45, 2.75) is 99.3 Å². The number of Topliss-reactive ketones (excluding diaryl/α,β-unsaturated/α-hetero) is 1. The topological polar surface area (TPSA) is 209 Å². The molecule has 13 nitrogen and oxygen atoms in total. The number of H-pyrrole nitrogens is 1. The van der Waals surface area contributed by atoms with Crippen LogP contribution in [0.4, 0.5) is 0 Å². The molecule has 0 saturated heterocycles. The number of carbonyl (C=O) groups excluding carboxylic acids is 4. The van der Waals surface area contributed by atoms with Crippen LogP contribution in [0.5, 0.6) is 0 Å². The highest BCUT2D eigenvalue weighted by atomic mass is 32.2. The molecule has 0 aliphatic rings. The summed E-state index contributed by atoms with van der Waals surface area (Å²) < 4.78 is 42.5. The van der Waals surface area contributed by atoms with Crippen molar-refractivity contribution in [3.8, 4) is 0 Å². The minimum atomic E-state index is -4.31. The van der Waals surface area contributed by atoms with Gasteiger partial charge < -0.3 is 30.0 Å². The Labute approximate surface area is 268 Å². The first kappa shape index (κ1) is 41.8. The summed E-state index contributed by atoms with van der Waals surface area (Å²) in [5, 5.41) is 21.5. The second kappa shape index (κ2) is 18.0. The summed E-state index contributed by atoms with van der Waals surface area (Å²) in [6, 6.07) is 0. The van der Waals surface area contributed by atoms with Gasteiger partial charge in [-0.15, -0.1) is 11.3 Å². The Bertz CT molecular complexity index is 1270. The second-order valence-electron chi connectivity index (χ2n) is 12.7. The average Bonchev–Trinajstić information content (AvgIpc) is 3.22. The molecule has 254 valence electrons. The van der Waals surface area contributed by atoms with Crippen LogP contribution in [-0.2, 0) is 45.2 Å². The average molecular weight is 685 g/mol. The van der Waals surface area contributed by atoms with Crippen LogP contribution in [0.3, 0.4) is 0 Å². The molecule has 44 heavy (non-hydrogen) atoms. The highest BCUT2D eigenvalue weighted by molar-refractivity contribution is 7.85. The van der Waals surface area contributed by atoms with Crippen molar-refractivity contribution in [3.63, 3.8) is 0 Å². The van der Waals surface area contributed by atoms with Gasteiger partial charge in [0.1, 0.15) is 25.4 Å². The normalized spacial score (nSPS) is 13.0. The van der Waals surface area contributed by atoms with Crippen LogP contribution >= 0.6 is 23.6 Å². The van der Waals surface area contributed by atoms with Crippen molar-refractivity contribution in [3.05, 3.63) is 15.0 Å². The zero-order chi connectivity index (χ0) is 34.5. The number of hydrogen-bond donors (Lipinski definition) is 5. The molecule has 1 aromatic rings. The first-order valence-corrected chi connectivity index (χ1v) is 16.9. The van der Waals surface area contributed by atoms with Crippen LogP contribution < -0.4 is 5.32 Å². The van der Waals surface area contributed by atoms with Crippen molar-refractivity contribution in [1.29, 1.82) is 0 Å². The van der Waals surface area contributed by atoms with E-state index in [0.29, 0.717) is 10.4 Å². The number of aromatic nitrogens is 1. The fourth-order valence-electron chi connectivity index (χ4n) is 4.05. The van der Waals surface area contributed by atoms with Crippen LogP contribution in [0, 0.1) is 20.7 Å². The summed E-state index contributed by atoms with van der Waals surface area (Å²) in [4.78, 5) is 50.9. The maximum atomic E-state index is 13.1. The standard InChI is InChI=1S/C23H41NO9S.C5H7NO2S2/c1-9-21(3,4)13-17(19(27)24-23(7,8)15-34(29,30)31)14-22(5,6)20(28)33-11-10-32-18(26)12-16(2)25;7-4(8)1-3-2-10-5(9)6-3/h17H,9-15H2,1-8H3,(H,24,27)(H,29,30,31);2,4,7-8H,1H2,(H,6,9). The highest BCUT2D eigenvalue weighted by Gasteiger charge is 2.39. The number of aliphatic hydroxyl groups excluding tert-OH is 1. The molecule has 0 saturated carbocycles. The molecule has 1 atom stereocenters. The SMILES string of the molecule is CCC(C)(C)CC(CC(C)(C)C(=O)OCCOC(=O)CC(C)=O)C(=O)NC(C)(C)CS(=O)(=O)O.OC(O)Cc1csc(=S)[nH]1. The molecular weight excluding hydrogens is 637 g/mol. The number of rotatable bonds is 17. The summed E-state index contributed by atoms with van der Waals surface area (Å²) in [5.41, 5.74) is -1.74. The van der Waals surface area contributed by atoms with E-state index in [1.807, 2.05) is 20.8 Å². The summed E-state index contributed by atoms with van der Waals surface area (Å²) in [7, 11) is -4.31. The number of ketones is 1. The van der Waals surface area contributed by atoms with E-state index >= 15 is 0 Å². The third kappa shape index (κ3) is 19.2. The molecule has 0 spiro atoms. The van der Waals surface area contributed by atoms with Gasteiger partial charge in [-0.05, 0) is 65.1 Å². The van der Waals surface area contributed by atoms with Gasteiger partial charge in [0.25, 0.3) is 10.1 Å². The van der Waals surface area contributed by atoms with Gasteiger partial charge in [0.15, 0.2) is 10.2 Å². The van der Waals surface area contributed by atoms with Crippen molar-refractivity contribution < 1.29 is 51.8 Å². The molecule has 0 radical (unpaired) electrons. The largest absolute Gasteiger partial charge is 0.462 e. The number of ether oxygens (including phenoxy) is 2. The van der Waals surface area contributed by atoms with Gasteiger partial charge >= 0.3 is 11.9 Å². The number of aliphatic hydroxyl groups is 2. The lowest BCUT2D eigenvalue weighted by molar-refractivity contribution is -0.160. The van der Waals surface area contributed by atoms with Gasteiger partial charge in [-0.3, -0.25) is 23.7 Å². The Morgan fingerprint density at radius 1 is 1.05 bits per heavy atom. The number of amides is 1. The molecule has 1 amide bonds. The Hall–Kier alpha value is -2.24. The molecular formula is C28H48N2O11S3. The molecule has 5 N–H and O–H groups in total. The quantitative estimate of drug-likeness (QED) is 0.0400. The van der Waals surface area contributed by atoms with Gasteiger partial charge in [-0.2, -0.15) is 8.42 Å². The summed E-state index contributed by atoms with van der Waals surface area (Å²) in [6.07, 6.45) is -0.0731. The fourth-order valence-corrected chi connectivity index (χ4v) is 5.90. The molecule has 0 aliphatic carbocycles. The van der Waals surface area contributed by atoms with Crippen molar-refractivity contribution in [1.82, 2.24) is 10.3 Å². The lowest BCUT2D eigenvalue weighted by Gasteiger charge is -2.35. The maximum Gasteiger partial charge on any atom is 0.313 e. The third-order valence-electron chi connectivity index (χ3n) is 6.39. The van der Waals surface area contributed by atoms with Gasteiger partial charge in [0.2, 0.25) is 5.91 Å². The number of aromatic amines is 1. The monoisotopic (exact) mass is 684 g/mol. The summed E-state index contributed by atoms with van der Waals surface area (Å²) in [5.74, 6) is -3.32. The van der Waals surface area contributed by atoms with E-state index in [1.165, 1.54) is 32.1 Å². The van der Waals surface area contributed by atoms with E-state index in [0.717, 1.165) is 12.1 Å². The highest BCUT2D eigenvalue weighted by Crippen LogP contribution is 2.36. The molecule has 16 heteroatoms. The molecule has 1 aromatic heterocycles. The van der Waals surface area contributed by atoms with E-state index in [9.17, 15) is 32.1 Å². The van der Waals surface area contributed by atoms with Gasteiger partial charge in [-0.1, -0.05) is 27.2 Å². The number of esters is 2. The van der Waals surface area contributed by atoms with Crippen molar-refractivity contribution in [2.24, 2.45) is 16.7 Å². The minimum absolute atomic E-state index is 0.132. The van der Waals surface area contributed by atoms with Gasteiger partial charge in [-0.25, -0.2) is 0 Å². The van der Waals surface area contributed by atoms with E-state index in [4.69, 9.17) is 31.9 Å². The van der Waals surface area contributed by atoms with E-state index in [1.54, 1.807) is 19.2 Å². The lowest BCUT2D eigenvalue weighted by atomic mass is 9.73. The fraction of sp³-hybridized carbons (Fsp3) is 0.750. The molecule has 1 heterocycles. The molecule has 0 aromatic carbocycles. The van der Waals surface area contributed by atoms with Crippen LogP contribution in [0.25, 0.3) is 0 Å². The first-order chi connectivity index (χ1) is 19.9. The smallest absolute Gasteiger partial charge is 0.313 e. The predicted molar refractivity (Wildman–Crippen MR) is 168 cm³/mol. The van der Waals surface area contributed by atoms with E-state index in [-0.39, 0.29) is 43.7 Å². The molecule has 0 bridgehead atoms. The Morgan fingerprint density at radius 3 is 2.07 bits per heavy atom. The Kier molecular flexibility index (Phi) is 17.1. The first-order valence-electron chi connectivity index (χ1n) is 14.0. The number of nitrogens with one attached hydrogen (secondary N) is 2. The van der Waals surface area contributed by atoms with Crippen LogP contribution in [0.15, 0.2) is 5.38 Å². The molecule has 0 fully saturated rings. The predicted octanol–water partition coefficient (Wildman–Crippen LogP) is 3.35. The minimum Gasteiger partial charge on any atom is -0.462 e. The van der Waals surface area contributed by atoms with Crippen molar-refractivity contribution in [2.75, 3.05) is 19.0 Å². The Balaban J connectivity index is 0.00000155. The molecule has 1 unspecified atom stereocenters. The zero-order valence-electron chi connectivity index (χ0n) is 26.7. The van der Waals surface area contributed by atoms with Gasteiger partial charge in [0, 0.05) is 23.4 Å². The van der Waals surface area contributed by atoms with Crippen LogP contribution in [0.2, 0.25) is 0 Å². The summed E-state index contributed by atoms with van der Waals surface area (Å²) >= 11 is 6.17. The van der Waals surface area contributed by atoms with E-state index in [2.05, 4.69) is 10.3 Å². The van der Waals surface area contributed by atoms with Crippen LogP contribution in [0.1, 0.15) is 86.8 Å². The Morgan fingerprint density at radius 2 is 1.61 bits per heavy atom. The number of carbonyl (C=O) groups is 4. The third-order valence-corrected chi connectivity index (χ3v) is 8.58. The zero-order valence-corrected chi connectivity index (χ0v) is 29.2. The van der Waals surface area contributed by atoms with Crippen LogP contribution in [-0.4, -0.2) is 82.6 Å². The molecule has 0 aliphatic heterocycles. The number of hydrogen-bond acceptors (Lipinski definition) is 12. The van der Waals surface area contributed by atoms with Crippen molar-refractivity contribution >= 4 is 57.3 Å². The van der Waals surface area contributed by atoms with Gasteiger partial charge in [0.05, 0.1) is 16.7 Å². The lowest BCUT2D eigenvalue weighted by Crippen LogP contribution is -2.51. The second-order valence-corrected chi connectivity index (χ2v) is 15.7. The van der Waals surface area contributed by atoms with E-state index < -0.39 is 56.9 Å².